The van der Waals surface area contributed by atoms with Gasteiger partial charge in [-0.3, -0.25) is 29.3 Å². The number of carbonyl (C=O) groups is 1. The summed E-state index contributed by atoms with van der Waals surface area (Å²) in [5, 5.41) is 12.6. The maximum Gasteiger partial charge on any atom is 0.308 e. The molecule has 2 N–H and O–H groups in total. The van der Waals surface area contributed by atoms with Crippen molar-refractivity contribution in [3.8, 4) is 0 Å². The highest BCUT2D eigenvalue weighted by atomic mass is 32.2. The Hall–Kier alpha value is -2.35. The van der Waals surface area contributed by atoms with E-state index in [0.717, 1.165) is 11.8 Å². The molecule has 3 rings (SSSR count). The van der Waals surface area contributed by atoms with Crippen molar-refractivity contribution in [3.05, 3.63) is 34.8 Å². The summed E-state index contributed by atoms with van der Waals surface area (Å²) in [4.78, 5) is 17.5. The number of likely N-dealkylation sites (tertiary alicyclic amines) is 1. The van der Waals surface area contributed by atoms with Crippen LogP contribution in [0.2, 0.25) is 0 Å². The molecule has 1 unspecified atom stereocenters. The Balaban J connectivity index is 1.87. The zero-order valence-corrected chi connectivity index (χ0v) is 19.8. The summed E-state index contributed by atoms with van der Waals surface area (Å²) in [7, 11) is -0.161. The monoisotopic (exact) mass is 489 g/mol. The molecule has 2 aliphatic rings. The molecule has 0 spiro atoms. The molecule has 1 aromatic heterocycles. The molecule has 184 valence electrons. The number of aliphatic carboxylic acids is 1. The zero-order chi connectivity index (χ0) is 24.6. The quantitative estimate of drug-likeness (QED) is 0.515. The third kappa shape index (κ3) is 6.16. The minimum absolute atomic E-state index is 0.0467. The molecule has 2 aliphatic heterocycles. The molecule has 0 aliphatic carbocycles. The van der Waals surface area contributed by atoms with Crippen LogP contribution >= 0.6 is 0 Å². The third-order valence-corrected chi connectivity index (χ3v) is 6.24. The molecule has 0 amide bonds. The fraction of sp³-hybridized carbons (Fsp3) is 0.600. The van der Waals surface area contributed by atoms with Crippen LogP contribution in [-0.2, 0) is 32.1 Å². The zero-order valence-electron chi connectivity index (χ0n) is 19.0. The predicted octanol–water partition coefficient (Wildman–Crippen LogP) is 1.13. The number of alkyl halides is 2. The van der Waals surface area contributed by atoms with E-state index in [1.807, 2.05) is 6.92 Å². The number of aromatic nitrogens is 1. The lowest BCUT2D eigenvalue weighted by atomic mass is 9.94. The van der Waals surface area contributed by atoms with E-state index in [0.29, 0.717) is 29.2 Å². The molecular formula is C20H29F2N5O5S. The van der Waals surface area contributed by atoms with Crippen LogP contribution in [0.15, 0.2) is 17.8 Å². The van der Waals surface area contributed by atoms with Crippen molar-refractivity contribution in [3.63, 3.8) is 0 Å². The molecule has 13 heteroatoms. The van der Waals surface area contributed by atoms with E-state index in [-0.39, 0.29) is 19.7 Å². The summed E-state index contributed by atoms with van der Waals surface area (Å²) in [6.45, 7) is 1.41. The van der Waals surface area contributed by atoms with Crippen molar-refractivity contribution < 1.29 is 31.3 Å². The highest BCUT2D eigenvalue weighted by Gasteiger charge is 2.43. The van der Waals surface area contributed by atoms with Crippen LogP contribution < -0.4 is 5.43 Å². The number of rotatable bonds is 8. The summed E-state index contributed by atoms with van der Waals surface area (Å²) in [5.41, 5.74) is 6.21. The van der Waals surface area contributed by atoms with Crippen LogP contribution in [0, 0.1) is 5.92 Å². The van der Waals surface area contributed by atoms with Gasteiger partial charge in [0, 0.05) is 39.3 Å². The van der Waals surface area contributed by atoms with Gasteiger partial charge in [-0.2, -0.15) is 8.42 Å². The van der Waals surface area contributed by atoms with Gasteiger partial charge in [0.2, 0.25) is 0 Å². The number of halogens is 2. The number of carboxylic acid groups (broad SMARTS) is 1. The molecule has 0 aromatic carbocycles. The number of pyridine rings is 1. The Labute approximate surface area is 191 Å². The Kier molecular flexibility index (Phi) is 7.27. The molecule has 1 aromatic rings. The number of carboxylic acids is 1. The second-order valence-corrected chi connectivity index (χ2v) is 10.0. The van der Waals surface area contributed by atoms with Crippen LogP contribution in [0.4, 0.5) is 8.78 Å². The maximum absolute atomic E-state index is 14.1. The highest BCUT2D eigenvalue weighted by Crippen LogP contribution is 2.32. The Morgan fingerprint density at radius 1 is 1.36 bits per heavy atom. The number of nitrogens with zero attached hydrogens (tertiary/aromatic N) is 4. The van der Waals surface area contributed by atoms with Gasteiger partial charge in [-0.1, -0.05) is 13.0 Å². The van der Waals surface area contributed by atoms with Crippen molar-refractivity contribution in [1.82, 2.24) is 25.4 Å². The predicted molar refractivity (Wildman–Crippen MR) is 116 cm³/mol. The van der Waals surface area contributed by atoms with Crippen LogP contribution in [-0.4, -0.2) is 85.5 Å². The highest BCUT2D eigenvalue weighted by molar-refractivity contribution is 7.86. The molecule has 0 bridgehead atoms. The van der Waals surface area contributed by atoms with E-state index in [1.54, 1.807) is 36.4 Å². The molecule has 10 nitrogen and oxygen atoms in total. The van der Waals surface area contributed by atoms with E-state index in [4.69, 9.17) is 4.18 Å². The van der Waals surface area contributed by atoms with Crippen molar-refractivity contribution in [2.75, 3.05) is 40.0 Å². The summed E-state index contributed by atoms with van der Waals surface area (Å²) in [6.07, 6.45) is 0.848. The first-order chi connectivity index (χ1) is 15.3. The van der Waals surface area contributed by atoms with E-state index in [2.05, 4.69) is 10.4 Å². The lowest BCUT2D eigenvalue weighted by Crippen LogP contribution is -2.48. The Morgan fingerprint density at radius 3 is 2.67 bits per heavy atom. The first kappa shape index (κ1) is 25.3. The van der Waals surface area contributed by atoms with Gasteiger partial charge in [-0.05, 0) is 18.1 Å². The molecular weight excluding hydrogens is 460 g/mol. The van der Waals surface area contributed by atoms with E-state index < -0.39 is 40.9 Å². The Morgan fingerprint density at radius 2 is 2.06 bits per heavy atom. The van der Waals surface area contributed by atoms with Gasteiger partial charge in [0.25, 0.3) is 16.0 Å². The second kappa shape index (κ2) is 9.49. The van der Waals surface area contributed by atoms with E-state index in [9.17, 15) is 27.1 Å². The van der Waals surface area contributed by atoms with Crippen LogP contribution in [0.5, 0.6) is 0 Å². The van der Waals surface area contributed by atoms with Gasteiger partial charge < -0.3 is 5.11 Å². The number of nitrogens with one attached hydrogen (secondary N) is 1. The summed E-state index contributed by atoms with van der Waals surface area (Å²) in [5.74, 6) is -5.41. The third-order valence-electron chi connectivity index (χ3n) is 5.69. The molecule has 1 saturated heterocycles. The normalized spacial score (nSPS) is 22.0. The van der Waals surface area contributed by atoms with Crippen molar-refractivity contribution in [1.29, 1.82) is 0 Å². The summed E-state index contributed by atoms with van der Waals surface area (Å²) in [6, 6.07) is 3.51. The van der Waals surface area contributed by atoms with Crippen LogP contribution in [0.1, 0.15) is 30.3 Å². The average Bonchev–Trinajstić information content (AvgIpc) is 2.99. The fourth-order valence-electron chi connectivity index (χ4n) is 4.02. The number of piperidine rings is 1. The number of hydrogen-bond acceptors (Lipinski definition) is 9. The summed E-state index contributed by atoms with van der Waals surface area (Å²) >= 11 is 0. The van der Waals surface area contributed by atoms with Crippen molar-refractivity contribution >= 4 is 21.8 Å². The van der Waals surface area contributed by atoms with Gasteiger partial charge in [0.05, 0.1) is 35.8 Å². The largest absolute Gasteiger partial charge is 0.481 e. The SMILES string of the molecule is CCc1nc(C2=C(COS(C)(=O)=O)N(C)N(C)N2)ccc1CN1CC(C(=O)O)CC(F)(F)C1. The molecule has 33 heavy (non-hydrogen) atoms. The summed E-state index contributed by atoms with van der Waals surface area (Å²) < 4.78 is 56.1. The average molecular weight is 490 g/mol. The Bertz CT molecular complexity index is 1050. The molecule has 0 saturated carbocycles. The fourth-order valence-corrected chi connectivity index (χ4v) is 4.34. The molecule has 1 fully saturated rings. The van der Waals surface area contributed by atoms with Gasteiger partial charge in [0.1, 0.15) is 6.61 Å². The van der Waals surface area contributed by atoms with Crippen LogP contribution in [0.3, 0.4) is 0 Å². The first-order valence-electron chi connectivity index (χ1n) is 10.4. The number of likely N-dealkylation sites (N-methyl/N-ethyl adjacent to an activating group) is 1. The van der Waals surface area contributed by atoms with Gasteiger partial charge >= 0.3 is 5.97 Å². The lowest BCUT2D eigenvalue weighted by molar-refractivity contribution is -0.153. The molecule has 3 heterocycles. The van der Waals surface area contributed by atoms with Gasteiger partial charge in [0.15, 0.2) is 0 Å². The first-order valence-corrected chi connectivity index (χ1v) is 12.2. The minimum Gasteiger partial charge on any atom is -0.481 e. The van der Waals surface area contributed by atoms with Gasteiger partial charge in [-0.25, -0.2) is 8.78 Å². The van der Waals surface area contributed by atoms with Gasteiger partial charge in [-0.15, -0.1) is 5.12 Å². The smallest absolute Gasteiger partial charge is 0.308 e. The lowest BCUT2D eigenvalue weighted by Gasteiger charge is -2.36. The number of hydrogen-bond donors (Lipinski definition) is 2. The standard InChI is InChI=1S/C20H29F2N5O5S/c1-5-15-13(9-27-10-14(19(28)29)8-20(21,22)12-27)6-7-16(23-15)18-17(11-32-33(4,30)31)25(2)26(3)24-18/h6-7,14,24H,5,8-12H2,1-4H3,(H,28,29). The van der Waals surface area contributed by atoms with E-state index in [1.165, 1.54) is 4.90 Å². The maximum atomic E-state index is 14.1. The second-order valence-electron chi connectivity index (χ2n) is 8.37. The van der Waals surface area contributed by atoms with Crippen molar-refractivity contribution in [2.24, 2.45) is 5.92 Å². The topological polar surface area (TPSA) is 115 Å². The molecule has 0 radical (unpaired) electrons. The minimum atomic E-state index is -3.65. The van der Waals surface area contributed by atoms with E-state index >= 15 is 0 Å². The number of aryl methyl sites for hydroxylation is 1. The van der Waals surface area contributed by atoms with Crippen LogP contribution in [0.25, 0.3) is 5.70 Å². The number of hydrazine groups is 2. The van der Waals surface area contributed by atoms with Crippen molar-refractivity contribution in [2.45, 2.75) is 32.2 Å². The molecule has 1 atom stereocenters.